The van der Waals surface area contributed by atoms with E-state index in [1.165, 1.54) is 31.0 Å². The molecule has 1 atom stereocenters. The number of aryl methyl sites for hydroxylation is 1. The van der Waals surface area contributed by atoms with Crippen LogP contribution in [0.1, 0.15) is 23.6 Å². The summed E-state index contributed by atoms with van der Waals surface area (Å²) in [5.74, 6) is 0.0761. The van der Waals surface area contributed by atoms with Crippen LogP contribution in [0.15, 0.2) is 29.4 Å². The molecule has 0 spiro atoms. The van der Waals surface area contributed by atoms with Crippen LogP contribution in [0.3, 0.4) is 0 Å². The van der Waals surface area contributed by atoms with E-state index in [1.54, 1.807) is 12.1 Å². The van der Waals surface area contributed by atoms with Gasteiger partial charge >= 0.3 is 5.97 Å². The molecule has 0 aliphatic rings. The number of methoxy groups -OCH3 is 1. The van der Waals surface area contributed by atoms with E-state index in [-0.39, 0.29) is 5.82 Å². The number of hydrogen-bond donors (Lipinski definition) is 0. The fourth-order valence-corrected chi connectivity index (χ4v) is 2.91. The van der Waals surface area contributed by atoms with E-state index in [0.717, 1.165) is 12.2 Å². The van der Waals surface area contributed by atoms with Gasteiger partial charge in [-0.05, 0) is 17.7 Å². The van der Waals surface area contributed by atoms with Crippen LogP contribution in [0.25, 0.3) is 0 Å². The van der Waals surface area contributed by atoms with Gasteiger partial charge in [-0.3, -0.25) is 4.79 Å². The molecule has 0 bridgehead atoms. The van der Waals surface area contributed by atoms with Crippen molar-refractivity contribution in [2.75, 3.05) is 7.11 Å². The Kier molecular flexibility index (Phi) is 4.95. The topological polar surface area (TPSA) is 57.0 Å². The number of hydrogen-bond acceptors (Lipinski definition) is 5. The highest BCUT2D eigenvalue weighted by atomic mass is 32.2. The maximum atomic E-state index is 13.0. The molecule has 0 amide bonds. The van der Waals surface area contributed by atoms with Crippen LogP contribution in [-0.4, -0.2) is 27.8 Å². The molecule has 0 N–H and O–H groups in total. The van der Waals surface area contributed by atoms with E-state index in [1.807, 2.05) is 18.5 Å². The quantitative estimate of drug-likeness (QED) is 0.627. The molecular weight excluding hydrogens is 293 g/mol. The second kappa shape index (κ2) is 6.71. The number of thioether (sulfide) groups is 1. The highest BCUT2D eigenvalue weighted by Gasteiger charge is 2.25. The van der Waals surface area contributed by atoms with Crippen LogP contribution in [0, 0.1) is 5.82 Å². The summed E-state index contributed by atoms with van der Waals surface area (Å²) in [7, 11) is 3.17. The Bertz CT molecular complexity index is 628. The Labute approximate surface area is 126 Å². The summed E-state index contributed by atoms with van der Waals surface area (Å²) in [6, 6.07) is 5.78. The van der Waals surface area contributed by atoms with Crippen molar-refractivity contribution < 1.29 is 13.9 Å². The molecule has 0 saturated carbocycles. The Morgan fingerprint density at radius 2 is 2.05 bits per heavy atom. The third-order valence-corrected chi connectivity index (χ3v) is 4.32. The van der Waals surface area contributed by atoms with Crippen molar-refractivity contribution in [1.29, 1.82) is 0 Å². The zero-order valence-electron chi connectivity index (χ0n) is 12.0. The molecule has 0 aliphatic carbocycles. The fraction of sp³-hybridized carbons (Fsp3) is 0.357. The van der Waals surface area contributed by atoms with E-state index in [0.29, 0.717) is 10.7 Å². The smallest absolute Gasteiger partial charge is 0.323 e. The van der Waals surface area contributed by atoms with E-state index in [4.69, 9.17) is 4.74 Å². The third-order valence-electron chi connectivity index (χ3n) is 3.05. The molecule has 5 nitrogen and oxygen atoms in total. The summed E-state index contributed by atoms with van der Waals surface area (Å²) in [6.45, 7) is 1.98. The molecule has 1 heterocycles. The summed E-state index contributed by atoms with van der Waals surface area (Å²) >= 11 is 1.24. The lowest BCUT2D eigenvalue weighted by molar-refractivity contribution is -0.140. The lowest BCUT2D eigenvalue weighted by atomic mass is 10.1. The van der Waals surface area contributed by atoms with Gasteiger partial charge in [0.2, 0.25) is 0 Å². The molecule has 112 valence electrons. The normalized spacial score (nSPS) is 12.2. The van der Waals surface area contributed by atoms with Crippen molar-refractivity contribution in [3.63, 3.8) is 0 Å². The summed E-state index contributed by atoms with van der Waals surface area (Å²) in [4.78, 5) is 12.0. The maximum absolute atomic E-state index is 13.0. The van der Waals surface area contributed by atoms with Crippen LogP contribution in [-0.2, 0) is 23.0 Å². The molecule has 0 unspecified atom stereocenters. The fourth-order valence-electron chi connectivity index (χ4n) is 1.86. The Morgan fingerprint density at radius 3 is 2.57 bits per heavy atom. The zero-order chi connectivity index (χ0) is 15.4. The van der Waals surface area contributed by atoms with Crippen LogP contribution in [0.4, 0.5) is 4.39 Å². The van der Waals surface area contributed by atoms with Crippen LogP contribution >= 0.6 is 11.8 Å². The third kappa shape index (κ3) is 3.41. The van der Waals surface area contributed by atoms with Crippen molar-refractivity contribution in [3.05, 3.63) is 41.5 Å². The van der Waals surface area contributed by atoms with Gasteiger partial charge in [-0.2, -0.15) is 0 Å². The minimum absolute atomic E-state index is 0.348. The largest absolute Gasteiger partial charge is 0.468 e. The van der Waals surface area contributed by atoms with Crippen molar-refractivity contribution in [3.8, 4) is 0 Å². The van der Waals surface area contributed by atoms with Gasteiger partial charge < -0.3 is 9.30 Å². The molecule has 21 heavy (non-hydrogen) atoms. The van der Waals surface area contributed by atoms with Gasteiger partial charge in [0.25, 0.3) is 0 Å². The van der Waals surface area contributed by atoms with Gasteiger partial charge in [0.1, 0.15) is 16.9 Å². The van der Waals surface area contributed by atoms with E-state index >= 15 is 0 Å². The zero-order valence-corrected chi connectivity index (χ0v) is 12.9. The summed E-state index contributed by atoms with van der Waals surface area (Å²) < 4.78 is 19.7. The van der Waals surface area contributed by atoms with Crippen LogP contribution in [0.5, 0.6) is 0 Å². The van der Waals surface area contributed by atoms with Gasteiger partial charge in [0.05, 0.1) is 7.11 Å². The average molecular weight is 309 g/mol. The molecule has 1 aromatic carbocycles. The molecule has 0 saturated heterocycles. The van der Waals surface area contributed by atoms with Crippen molar-refractivity contribution in [2.45, 2.75) is 23.8 Å². The molecule has 0 fully saturated rings. The molecule has 0 aliphatic heterocycles. The number of esters is 1. The maximum Gasteiger partial charge on any atom is 0.323 e. The van der Waals surface area contributed by atoms with Crippen molar-refractivity contribution >= 4 is 17.7 Å². The molecule has 2 rings (SSSR count). The Morgan fingerprint density at radius 1 is 1.38 bits per heavy atom. The first-order chi connectivity index (χ1) is 10.1. The molecular formula is C14H16FN3O2S. The van der Waals surface area contributed by atoms with Gasteiger partial charge in [-0.15, -0.1) is 10.2 Å². The first-order valence-corrected chi connectivity index (χ1v) is 7.33. The van der Waals surface area contributed by atoms with Gasteiger partial charge in [-0.1, -0.05) is 30.8 Å². The lowest BCUT2D eigenvalue weighted by Crippen LogP contribution is -2.12. The summed E-state index contributed by atoms with van der Waals surface area (Å²) in [5.41, 5.74) is 0.661. The Hall–Kier alpha value is -1.89. The predicted octanol–water partition coefficient (Wildman–Crippen LogP) is 2.52. The van der Waals surface area contributed by atoms with Gasteiger partial charge in [-0.25, -0.2) is 4.39 Å². The number of ether oxygens (including phenoxy) is 1. The SMILES string of the molecule is CCc1nnc(S[C@H](C(=O)OC)c2ccc(F)cc2)n1C. The van der Waals surface area contributed by atoms with E-state index < -0.39 is 11.2 Å². The highest BCUT2D eigenvalue weighted by molar-refractivity contribution is 8.00. The van der Waals surface area contributed by atoms with Gasteiger partial charge in [0, 0.05) is 13.5 Å². The molecule has 2 aromatic rings. The number of rotatable bonds is 5. The molecule has 0 radical (unpaired) electrons. The number of halogens is 1. The number of benzene rings is 1. The predicted molar refractivity (Wildman–Crippen MR) is 77.4 cm³/mol. The van der Waals surface area contributed by atoms with Crippen molar-refractivity contribution in [1.82, 2.24) is 14.8 Å². The first kappa shape index (κ1) is 15.5. The first-order valence-electron chi connectivity index (χ1n) is 6.45. The van der Waals surface area contributed by atoms with E-state index in [9.17, 15) is 9.18 Å². The lowest BCUT2D eigenvalue weighted by Gasteiger charge is -2.14. The standard InChI is InChI=1S/C14H16FN3O2S/c1-4-11-16-17-14(18(11)2)21-12(13(19)20-3)9-5-7-10(15)8-6-9/h5-8,12H,4H2,1-3H3/t12-/m0/s1. The monoisotopic (exact) mass is 309 g/mol. The van der Waals surface area contributed by atoms with Crippen LogP contribution in [0.2, 0.25) is 0 Å². The highest BCUT2D eigenvalue weighted by Crippen LogP contribution is 2.35. The molecule has 7 heteroatoms. The number of nitrogens with zero attached hydrogens (tertiary/aromatic N) is 3. The van der Waals surface area contributed by atoms with Gasteiger partial charge in [0.15, 0.2) is 5.16 Å². The number of aromatic nitrogens is 3. The minimum Gasteiger partial charge on any atom is -0.468 e. The minimum atomic E-state index is -0.608. The second-order valence-corrected chi connectivity index (χ2v) is 5.46. The second-order valence-electron chi connectivity index (χ2n) is 4.38. The summed E-state index contributed by atoms with van der Waals surface area (Å²) in [5, 5.41) is 8.15. The Balaban J connectivity index is 2.30. The van der Waals surface area contributed by atoms with E-state index in [2.05, 4.69) is 10.2 Å². The number of carbonyl (C=O) groups is 1. The molecule has 1 aromatic heterocycles. The summed E-state index contributed by atoms with van der Waals surface area (Å²) in [6.07, 6.45) is 0.753. The van der Waals surface area contributed by atoms with Crippen LogP contribution < -0.4 is 0 Å². The average Bonchev–Trinajstić information content (AvgIpc) is 2.85. The number of carbonyl (C=O) groups excluding carboxylic acids is 1. The van der Waals surface area contributed by atoms with Crippen molar-refractivity contribution in [2.24, 2.45) is 7.05 Å².